The van der Waals surface area contributed by atoms with E-state index in [9.17, 15) is 14.7 Å². The van der Waals surface area contributed by atoms with Crippen molar-refractivity contribution in [1.29, 1.82) is 0 Å². The van der Waals surface area contributed by atoms with Crippen LogP contribution in [-0.4, -0.2) is 34.4 Å². The number of nitrogens with one attached hydrogen (secondary N) is 2. The zero-order valence-corrected chi connectivity index (χ0v) is 21.3. The van der Waals surface area contributed by atoms with Gasteiger partial charge in [-0.15, -0.1) is 0 Å². The molecule has 8 heteroatoms. The third-order valence-electron chi connectivity index (χ3n) is 6.63. The number of hydrogen-bond acceptors (Lipinski definition) is 5. The number of halogens is 1. The standard InChI is InChI=1S/C30H26ClN3O4/c31-24-9-6-19(7-10-24)18-32-30(37)28-29(36)25-17-23(20-12-14-38-15-13-20)16-22(27(25)33-34-28)8-11-26(35)21-4-2-1-3-5-21/h1-7,9-10,16-17,20,26,35H,12-15,18H2,(H,32,37)(H,33,36). The van der Waals surface area contributed by atoms with Gasteiger partial charge in [0, 0.05) is 24.8 Å². The number of aliphatic hydroxyl groups excluding tert-OH is 1. The van der Waals surface area contributed by atoms with Gasteiger partial charge in [-0.2, -0.15) is 5.10 Å². The van der Waals surface area contributed by atoms with Crippen LogP contribution in [0.5, 0.6) is 0 Å². The highest BCUT2D eigenvalue weighted by Gasteiger charge is 2.21. The summed E-state index contributed by atoms with van der Waals surface area (Å²) in [7, 11) is 0. The Morgan fingerprint density at radius 2 is 1.87 bits per heavy atom. The summed E-state index contributed by atoms with van der Waals surface area (Å²) in [5.74, 6) is 5.54. The molecule has 3 aromatic carbocycles. The minimum atomic E-state index is -0.990. The number of hydrogen-bond donors (Lipinski definition) is 3. The molecule has 5 rings (SSSR count). The lowest BCUT2D eigenvalue weighted by molar-refractivity contribution is 0.0853. The molecule has 1 aliphatic rings. The van der Waals surface area contributed by atoms with Gasteiger partial charge < -0.3 is 15.2 Å². The van der Waals surface area contributed by atoms with Gasteiger partial charge in [0.2, 0.25) is 5.43 Å². The van der Waals surface area contributed by atoms with E-state index in [4.69, 9.17) is 16.3 Å². The van der Waals surface area contributed by atoms with Crippen LogP contribution in [0, 0.1) is 11.8 Å². The van der Waals surface area contributed by atoms with Crippen LogP contribution < -0.4 is 10.7 Å². The van der Waals surface area contributed by atoms with E-state index in [1.165, 1.54) is 0 Å². The summed E-state index contributed by atoms with van der Waals surface area (Å²) in [5.41, 5.74) is 2.73. The van der Waals surface area contributed by atoms with Crippen LogP contribution >= 0.6 is 11.6 Å². The van der Waals surface area contributed by atoms with Crippen molar-refractivity contribution in [2.45, 2.75) is 31.4 Å². The number of benzene rings is 3. The number of ether oxygens (including phenoxy) is 1. The van der Waals surface area contributed by atoms with Crippen molar-refractivity contribution >= 4 is 28.4 Å². The zero-order chi connectivity index (χ0) is 26.5. The molecule has 0 spiro atoms. The lowest BCUT2D eigenvalue weighted by Gasteiger charge is -2.23. The fourth-order valence-electron chi connectivity index (χ4n) is 4.51. The Morgan fingerprint density at radius 1 is 1.13 bits per heavy atom. The SMILES string of the molecule is O=C(NCc1ccc(Cl)cc1)c1n[nH]c2c(C#CC(O)c3ccccc3)cc(C3CCOCC3)cc2c1=O. The third kappa shape index (κ3) is 5.79. The van der Waals surface area contributed by atoms with Crippen LogP contribution in [0.15, 0.2) is 71.5 Å². The van der Waals surface area contributed by atoms with Crippen LogP contribution in [0.4, 0.5) is 0 Å². The Labute approximate surface area is 224 Å². The summed E-state index contributed by atoms with van der Waals surface area (Å²) < 4.78 is 5.51. The molecule has 3 N–H and O–H groups in total. The van der Waals surface area contributed by atoms with Crippen molar-refractivity contribution in [1.82, 2.24) is 15.5 Å². The first-order valence-corrected chi connectivity index (χ1v) is 12.8. The predicted molar refractivity (Wildman–Crippen MR) is 146 cm³/mol. The van der Waals surface area contributed by atoms with Crippen LogP contribution in [0.3, 0.4) is 0 Å². The van der Waals surface area contributed by atoms with E-state index < -0.39 is 17.4 Å². The van der Waals surface area contributed by atoms with Crippen molar-refractivity contribution in [3.05, 3.63) is 110 Å². The van der Waals surface area contributed by atoms with Crippen molar-refractivity contribution in [2.24, 2.45) is 0 Å². The van der Waals surface area contributed by atoms with Gasteiger partial charge in [-0.3, -0.25) is 14.7 Å². The van der Waals surface area contributed by atoms with E-state index in [2.05, 4.69) is 27.4 Å². The van der Waals surface area contributed by atoms with Crippen LogP contribution in [0.25, 0.3) is 10.9 Å². The lowest BCUT2D eigenvalue weighted by atomic mass is 9.89. The molecule has 1 aliphatic heterocycles. The minimum absolute atomic E-state index is 0.197. The number of aromatic nitrogens is 2. The van der Waals surface area contributed by atoms with Crippen LogP contribution in [0.2, 0.25) is 5.02 Å². The van der Waals surface area contributed by atoms with Gasteiger partial charge in [-0.25, -0.2) is 0 Å². The maximum atomic E-state index is 13.5. The molecule has 0 saturated carbocycles. The molecular weight excluding hydrogens is 502 g/mol. The Balaban J connectivity index is 1.51. The molecule has 0 radical (unpaired) electrons. The maximum Gasteiger partial charge on any atom is 0.276 e. The summed E-state index contributed by atoms with van der Waals surface area (Å²) >= 11 is 5.93. The van der Waals surface area contributed by atoms with Crippen LogP contribution in [-0.2, 0) is 11.3 Å². The summed E-state index contributed by atoms with van der Waals surface area (Å²) in [6.45, 7) is 1.51. The quantitative estimate of drug-likeness (QED) is 0.332. The van der Waals surface area contributed by atoms with Gasteiger partial charge in [-0.1, -0.05) is 65.9 Å². The third-order valence-corrected chi connectivity index (χ3v) is 6.88. The van der Waals surface area contributed by atoms with Crippen LogP contribution in [0.1, 0.15) is 57.6 Å². The second-order valence-corrected chi connectivity index (χ2v) is 9.61. The second-order valence-electron chi connectivity index (χ2n) is 9.17. The number of H-pyrrole nitrogens is 1. The van der Waals surface area contributed by atoms with Gasteiger partial charge >= 0.3 is 0 Å². The smallest absolute Gasteiger partial charge is 0.276 e. The average molecular weight is 528 g/mol. The topological polar surface area (TPSA) is 104 Å². The first kappa shape index (κ1) is 25.7. The largest absolute Gasteiger partial charge is 0.381 e. The molecule has 1 atom stereocenters. The van der Waals surface area contributed by atoms with Crippen molar-refractivity contribution in [2.75, 3.05) is 13.2 Å². The first-order valence-electron chi connectivity index (χ1n) is 12.4. The average Bonchev–Trinajstić information content (AvgIpc) is 2.96. The molecule has 4 aromatic rings. The number of aliphatic hydroxyl groups is 1. The normalized spacial score (nSPS) is 14.5. The molecule has 1 amide bonds. The number of rotatable bonds is 5. The summed E-state index contributed by atoms with van der Waals surface area (Å²) in [4.78, 5) is 26.4. The highest BCUT2D eigenvalue weighted by atomic mass is 35.5. The van der Waals surface area contributed by atoms with Crippen molar-refractivity contribution < 1.29 is 14.6 Å². The Morgan fingerprint density at radius 3 is 2.61 bits per heavy atom. The molecule has 192 valence electrons. The zero-order valence-electron chi connectivity index (χ0n) is 20.5. The molecule has 1 saturated heterocycles. The second kappa shape index (κ2) is 11.6. The van der Waals surface area contributed by atoms with Crippen molar-refractivity contribution in [3.8, 4) is 11.8 Å². The lowest BCUT2D eigenvalue weighted by Crippen LogP contribution is -2.30. The number of aromatic amines is 1. The fourth-order valence-corrected chi connectivity index (χ4v) is 4.63. The Hall–Kier alpha value is -3.96. The van der Waals surface area contributed by atoms with E-state index >= 15 is 0 Å². The Kier molecular flexibility index (Phi) is 7.85. The highest BCUT2D eigenvalue weighted by Crippen LogP contribution is 2.30. The van der Waals surface area contributed by atoms with Gasteiger partial charge in [0.05, 0.1) is 16.5 Å². The number of carbonyl (C=O) groups excluding carboxylic acids is 1. The van der Waals surface area contributed by atoms with Gasteiger partial charge in [0.1, 0.15) is 6.10 Å². The summed E-state index contributed by atoms with van der Waals surface area (Å²) in [5, 5.41) is 21.2. The summed E-state index contributed by atoms with van der Waals surface area (Å²) in [6, 6.07) is 20.0. The number of nitrogens with zero attached hydrogens (tertiary/aromatic N) is 1. The predicted octanol–water partition coefficient (Wildman–Crippen LogP) is 4.49. The molecule has 2 heterocycles. The first-order chi connectivity index (χ1) is 18.5. The molecule has 0 aliphatic carbocycles. The number of fused-ring (bicyclic) bond motifs is 1. The molecule has 38 heavy (non-hydrogen) atoms. The van der Waals surface area contributed by atoms with Gasteiger partial charge in [0.25, 0.3) is 5.91 Å². The minimum Gasteiger partial charge on any atom is -0.381 e. The van der Waals surface area contributed by atoms with E-state index in [1.54, 1.807) is 36.4 Å². The molecular formula is C30H26ClN3O4. The number of amides is 1. The van der Waals surface area contributed by atoms with Crippen molar-refractivity contribution in [3.63, 3.8) is 0 Å². The molecule has 1 fully saturated rings. The molecule has 1 unspecified atom stereocenters. The van der Waals surface area contributed by atoms with E-state index in [0.717, 1.165) is 24.0 Å². The number of carbonyl (C=O) groups is 1. The van der Waals surface area contributed by atoms with Gasteiger partial charge in [-0.05, 0) is 59.7 Å². The fraction of sp³-hybridized carbons (Fsp3) is 0.233. The Bertz CT molecular complexity index is 1570. The summed E-state index contributed by atoms with van der Waals surface area (Å²) in [6.07, 6.45) is 0.654. The van der Waals surface area contributed by atoms with E-state index in [-0.39, 0.29) is 18.2 Å². The van der Waals surface area contributed by atoms with E-state index in [1.807, 2.05) is 30.3 Å². The van der Waals surface area contributed by atoms with Gasteiger partial charge in [0.15, 0.2) is 5.69 Å². The molecule has 0 bridgehead atoms. The monoisotopic (exact) mass is 527 g/mol. The molecule has 7 nitrogen and oxygen atoms in total. The van der Waals surface area contributed by atoms with E-state index in [0.29, 0.717) is 40.3 Å². The maximum absolute atomic E-state index is 13.5. The highest BCUT2D eigenvalue weighted by molar-refractivity contribution is 6.30. The molecule has 1 aromatic heterocycles.